The highest BCUT2D eigenvalue weighted by atomic mass is 16.2. The first kappa shape index (κ1) is 21.6. The predicted octanol–water partition coefficient (Wildman–Crippen LogP) is 4.57. The number of nitrogens with zero attached hydrogens (tertiary/aromatic N) is 2. The van der Waals surface area contributed by atoms with Gasteiger partial charge in [0.2, 0.25) is 11.8 Å². The fourth-order valence-corrected chi connectivity index (χ4v) is 3.57. The van der Waals surface area contributed by atoms with Crippen molar-refractivity contribution in [2.75, 3.05) is 36.4 Å². The van der Waals surface area contributed by atoms with Gasteiger partial charge in [0.1, 0.15) is 0 Å². The Morgan fingerprint density at radius 2 is 1.63 bits per heavy atom. The Hall–Kier alpha value is -3.08. The summed E-state index contributed by atoms with van der Waals surface area (Å²) in [4.78, 5) is 28.7. The molecule has 0 aliphatic carbocycles. The Morgan fingerprint density at radius 1 is 0.933 bits per heavy atom. The van der Waals surface area contributed by atoms with Crippen LogP contribution in [0.5, 0.6) is 0 Å². The minimum Gasteiger partial charge on any atom is -0.368 e. The minimum absolute atomic E-state index is 0.151. The first-order valence-corrected chi connectivity index (χ1v) is 10.8. The average molecular weight is 406 g/mol. The molecular weight excluding hydrogens is 374 g/mol. The van der Waals surface area contributed by atoms with E-state index in [0.717, 1.165) is 62.4 Å². The van der Waals surface area contributed by atoms with Crippen molar-refractivity contribution in [1.29, 1.82) is 0 Å². The van der Waals surface area contributed by atoms with Crippen LogP contribution in [0.2, 0.25) is 0 Å². The lowest BCUT2D eigenvalue weighted by Crippen LogP contribution is -2.48. The first-order chi connectivity index (χ1) is 14.7. The van der Waals surface area contributed by atoms with Gasteiger partial charge in [0.05, 0.1) is 0 Å². The van der Waals surface area contributed by atoms with Gasteiger partial charge in [0.25, 0.3) is 0 Å². The second-order valence-electron chi connectivity index (χ2n) is 7.61. The maximum atomic E-state index is 12.3. The van der Waals surface area contributed by atoms with E-state index < -0.39 is 0 Å². The summed E-state index contributed by atoms with van der Waals surface area (Å²) in [7, 11) is 0. The topological polar surface area (TPSA) is 52.7 Å². The summed E-state index contributed by atoms with van der Waals surface area (Å²) in [6, 6.07) is 17.6. The van der Waals surface area contributed by atoms with E-state index in [2.05, 4.69) is 17.1 Å². The fraction of sp³-hybridized carbons (Fsp3) is 0.360. The monoisotopic (exact) mass is 405 g/mol. The normalized spacial score (nSPS) is 14.2. The molecule has 2 aromatic carbocycles. The SMILES string of the molecule is CCCCCC(=O)N1CCN(c2ccc(NC(=O)C=Cc3ccccc3)cc2)CC1. The van der Waals surface area contributed by atoms with Crippen LogP contribution in [0.25, 0.3) is 6.08 Å². The Bertz CT molecular complexity index is 838. The number of benzene rings is 2. The fourth-order valence-electron chi connectivity index (χ4n) is 3.57. The van der Waals surface area contributed by atoms with E-state index in [9.17, 15) is 9.59 Å². The lowest BCUT2D eigenvalue weighted by Gasteiger charge is -2.36. The van der Waals surface area contributed by atoms with Crippen LogP contribution in [0.3, 0.4) is 0 Å². The van der Waals surface area contributed by atoms with E-state index in [4.69, 9.17) is 0 Å². The standard InChI is InChI=1S/C25H31N3O2/c1-2-3-5-10-25(30)28-19-17-27(18-20-28)23-14-12-22(13-15-23)26-24(29)16-11-21-8-6-4-7-9-21/h4,6-9,11-16H,2-3,5,10,17-20H2,1H3,(H,26,29). The van der Waals surface area contributed by atoms with Gasteiger partial charge in [0.15, 0.2) is 0 Å². The zero-order valence-electron chi connectivity index (χ0n) is 17.7. The third-order valence-electron chi connectivity index (χ3n) is 5.35. The van der Waals surface area contributed by atoms with Gasteiger partial charge in [-0.15, -0.1) is 0 Å². The number of nitrogens with one attached hydrogen (secondary N) is 1. The van der Waals surface area contributed by atoms with E-state index in [1.807, 2.05) is 59.5 Å². The van der Waals surface area contributed by atoms with Crippen molar-refractivity contribution in [3.05, 3.63) is 66.2 Å². The summed E-state index contributed by atoms with van der Waals surface area (Å²) in [5, 5.41) is 2.89. The molecule has 0 saturated carbocycles. The van der Waals surface area contributed by atoms with Crippen LogP contribution in [0.4, 0.5) is 11.4 Å². The molecule has 1 saturated heterocycles. The lowest BCUT2D eigenvalue weighted by molar-refractivity contribution is -0.131. The Labute approximate surface area is 179 Å². The molecule has 0 unspecified atom stereocenters. The van der Waals surface area contributed by atoms with Gasteiger partial charge < -0.3 is 15.1 Å². The molecule has 1 fully saturated rings. The molecule has 5 heteroatoms. The van der Waals surface area contributed by atoms with Crippen LogP contribution in [0.1, 0.15) is 38.2 Å². The molecule has 3 rings (SSSR count). The molecule has 2 aromatic rings. The maximum Gasteiger partial charge on any atom is 0.248 e. The van der Waals surface area contributed by atoms with Crippen LogP contribution >= 0.6 is 0 Å². The van der Waals surface area contributed by atoms with E-state index in [-0.39, 0.29) is 11.8 Å². The largest absolute Gasteiger partial charge is 0.368 e. The van der Waals surface area contributed by atoms with Gasteiger partial charge in [-0.1, -0.05) is 50.1 Å². The molecule has 1 heterocycles. The first-order valence-electron chi connectivity index (χ1n) is 10.8. The number of piperazine rings is 1. The van der Waals surface area contributed by atoms with Gasteiger partial charge in [0, 0.05) is 50.1 Å². The minimum atomic E-state index is -0.151. The van der Waals surface area contributed by atoms with Gasteiger partial charge in [-0.2, -0.15) is 0 Å². The highest BCUT2D eigenvalue weighted by molar-refractivity contribution is 6.02. The molecule has 30 heavy (non-hydrogen) atoms. The van der Waals surface area contributed by atoms with E-state index in [0.29, 0.717) is 6.42 Å². The summed E-state index contributed by atoms with van der Waals surface area (Å²) >= 11 is 0. The summed E-state index contributed by atoms with van der Waals surface area (Å²) in [6.45, 7) is 5.37. The highest BCUT2D eigenvalue weighted by Crippen LogP contribution is 2.20. The summed E-state index contributed by atoms with van der Waals surface area (Å²) in [5.74, 6) is 0.131. The molecule has 1 N–H and O–H groups in total. The van der Waals surface area contributed by atoms with Crippen molar-refractivity contribution < 1.29 is 9.59 Å². The summed E-state index contributed by atoms with van der Waals surface area (Å²) in [6.07, 6.45) is 7.26. The molecular formula is C25H31N3O2. The molecule has 0 aromatic heterocycles. The Morgan fingerprint density at radius 3 is 2.30 bits per heavy atom. The molecule has 5 nitrogen and oxygen atoms in total. The number of hydrogen-bond donors (Lipinski definition) is 1. The van der Waals surface area contributed by atoms with E-state index >= 15 is 0 Å². The van der Waals surface area contributed by atoms with Crippen LogP contribution in [-0.4, -0.2) is 42.9 Å². The van der Waals surface area contributed by atoms with Crippen molar-refractivity contribution in [2.24, 2.45) is 0 Å². The zero-order chi connectivity index (χ0) is 21.2. The van der Waals surface area contributed by atoms with Crippen LogP contribution in [-0.2, 0) is 9.59 Å². The lowest BCUT2D eigenvalue weighted by atomic mass is 10.1. The number of carbonyl (C=O) groups is 2. The van der Waals surface area contributed by atoms with E-state index in [1.165, 1.54) is 0 Å². The van der Waals surface area contributed by atoms with Gasteiger partial charge in [-0.3, -0.25) is 9.59 Å². The number of carbonyl (C=O) groups excluding carboxylic acids is 2. The summed E-state index contributed by atoms with van der Waals surface area (Å²) in [5.41, 5.74) is 2.88. The third kappa shape index (κ3) is 6.48. The predicted molar refractivity (Wildman–Crippen MR) is 123 cm³/mol. The van der Waals surface area contributed by atoms with Crippen molar-refractivity contribution in [1.82, 2.24) is 4.90 Å². The van der Waals surface area contributed by atoms with Crippen LogP contribution < -0.4 is 10.2 Å². The Kier molecular flexibility index (Phi) is 8.07. The molecule has 1 aliphatic rings. The second kappa shape index (κ2) is 11.2. The Balaban J connectivity index is 1.46. The number of amides is 2. The molecule has 158 valence electrons. The van der Waals surface area contributed by atoms with Crippen molar-refractivity contribution in [2.45, 2.75) is 32.6 Å². The third-order valence-corrected chi connectivity index (χ3v) is 5.35. The van der Waals surface area contributed by atoms with Crippen molar-refractivity contribution in [3.63, 3.8) is 0 Å². The maximum absolute atomic E-state index is 12.3. The summed E-state index contributed by atoms with van der Waals surface area (Å²) < 4.78 is 0. The van der Waals surface area contributed by atoms with Gasteiger partial charge in [-0.05, 0) is 42.3 Å². The number of anilines is 2. The molecule has 0 atom stereocenters. The number of rotatable bonds is 8. The molecule has 1 aliphatic heterocycles. The van der Waals surface area contributed by atoms with Gasteiger partial charge in [-0.25, -0.2) is 0 Å². The zero-order valence-corrected chi connectivity index (χ0v) is 17.7. The highest BCUT2D eigenvalue weighted by Gasteiger charge is 2.20. The smallest absolute Gasteiger partial charge is 0.248 e. The van der Waals surface area contributed by atoms with Crippen molar-refractivity contribution >= 4 is 29.3 Å². The molecule has 2 amide bonds. The molecule has 0 spiro atoms. The number of hydrogen-bond acceptors (Lipinski definition) is 3. The van der Waals surface area contributed by atoms with Gasteiger partial charge >= 0.3 is 0 Å². The molecule has 0 radical (unpaired) electrons. The second-order valence-corrected chi connectivity index (χ2v) is 7.61. The van der Waals surface area contributed by atoms with Crippen molar-refractivity contribution in [3.8, 4) is 0 Å². The average Bonchev–Trinajstić information content (AvgIpc) is 2.79. The molecule has 0 bridgehead atoms. The number of unbranched alkanes of at least 4 members (excludes halogenated alkanes) is 2. The van der Waals surface area contributed by atoms with Crippen LogP contribution in [0, 0.1) is 0 Å². The quantitative estimate of drug-likeness (QED) is 0.517. The van der Waals surface area contributed by atoms with E-state index in [1.54, 1.807) is 12.2 Å². The van der Waals surface area contributed by atoms with Crippen LogP contribution in [0.15, 0.2) is 60.7 Å².